The first-order valence-electron chi connectivity index (χ1n) is 10.0. The fraction of sp³-hybridized carbons (Fsp3) is 0.208. The molecule has 31 heavy (non-hydrogen) atoms. The van der Waals surface area contributed by atoms with Crippen LogP contribution in [-0.4, -0.2) is 35.8 Å². The van der Waals surface area contributed by atoms with E-state index in [1.54, 1.807) is 23.1 Å². The summed E-state index contributed by atoms with van der Waals surface area (Å²) in [5, 5.41) is 2.80. The minimum Gasteiger partial charge on any atom is -0.467 e. The second kappa shape index (κ2) is 9.30. The number of carbonyl (C=O) groups excluding carboxylic acids is 3. The van der Waals surface area contributed by atoms with Crippen LogP contribution in [0.5, 0.6) is 0 Å². The number of para-hydroxylation sites is 1. The lowest BCUT2D eigenvalue weighted by Crippen LogP contribution is -2.28. The van der Waals surface area contributed by atoms with Gasteiger partial charge in [0.2, 0.25) is 5.91 Å². The molecule has 1 aromatic heterocycles. The van der Waals surface area contributed by atoms with Crippen molar-refractivity contribution in [2.75, 3.05) is 18.5 Å². The molecule has 0 unspecified atom stereocenters. The normalized spacial score (nSPS) is 15.7. The van der Waals surface area contributed by atoms with Crippen LogP contribution in [0, 0.1) is 5.92 Å². The molecule has 2 amide bonds. The van der Waals surface area contributed by atoms with Gasteiger partial charge in [-0.3, -0.25) is 14.4 Å². The molecule has 158 valence electrons. The Morgan fingerprint density at radius 3 is 2.58 bits per heavy atom. The van der Waals surface area contributed by atoms with E-state index in [0.717, 1.165) is 11.1 Å². The maximum absolute atomic E-state index is 12.4. The van der Waals surface area contributed by atoms with Crippen LogP contribution in [-0.2, 0) is 25.7 Å². The Labute approximate surface area is 179 Å². The van der Waals surface area contributed by atoms with E-state index < -0.39 is 24.4 Å². The zero-order valence-electron chi connectivity index (χ0n) is 16.8. The van der Waals surface area contributed by atoms with E-state index in [2.05, 4.69) is 5.32 Å². The van der Waals surface area contributed by atoms with Crippen molar-refractivity contribution in [2.24, 2.45) is 5.92 Å². The molecule has 0 saturated carbocycles. The molecule has 1 N–H and O–H groups in total. The van der Waals surface area contributed by atoms with Gasteiger partial charge >= 0.3 is 5.97 Å². The van der Waals surface area contributed by atoms with Crippen molar-refractivity contribution in [2.45, 2.75) is 13.0 Å². The maximum atomic E-state index is 12.4. The van der Waals surface area contributed by atoms with Gasteiger partial charge in [-0.25, -0.2) is 0 Å². The fourth-order valence-electron chi connectivity index (χ4n) is 3.58. The molecule has 1 saturated heterocycles. The van der Waals surface area contributed by atoms with Gasteiger partial charge in [-0.15, -0.1) is 0 Å². The molecule has 3 aromatic rings. The first-order chi connectivity index (χ1) is 15.1. The molecule has 0 radical (unpaired) electrons. The highest BCUT2D eigenvalue weighted by Gasteiger charge is 2.35. The molecule has 0 bridgehead atoms. The third kappa shape index (κ3) is 5.01. The minimum absolute atomic E-state index is 0.0675. The first-order valence-corrected chi connectivity index (χ1v) is 10.0. The van der Waals surface area contributed by atoms with Crippen LogP contribution in [0.3, 0.4) is 0 Å². The van der Waals surface area contributed by atoms with E-state index in [0.29, 0.717) is 18.0 Å². The number of nitrogens with one attached hydrogen (secondary N) is 1. The molecule has 4 rings (SSSR count). The topological polar surface area (TPSA) is 88.9 Å². The van der Waals surface area contributed by atoms with Gasteiger partial charge in [-0.05, 0) is 23.8 Å². The Morgan fingerprint density at radius 1 is 1.03 bits per heavy atom. The fourth-order valence-corrected chi connectivity index (χ4v) is 3.58. The van der Waals surface area contributed by atoms with Crippen LogP contribution in [0.15, 0.2) is 77.4 Å². The minimum atomic E-state index is -0.591. The number of nitrogens with zero attached hydrogens (tertiary/aromatic N) is 1. The summed E-state index contributed by atoms with van der Waals surface area (Å²) in [4.78, 5) is 38.5. The van der Waals surface area contributed by atoms with Crippen LogP contribution in [0.1, 0.15) is 12.2 Å². The van der Waals surface area contributed by atoms with Crippen molar-refractivity contribution >= 4 is 23.5 Å². The molecule has 0 aliphatic carbocycles. The summed E-state index contributed by atoms with van der Waals surface area (Å²) in [6, 6.07) is 20.6. The standard InChI is InChI=1S/C24H22N2O5/c27-22(25-21-11-5-4-10-20(21)17-7-2-1-3-8-17)16-31-24(29)18-13-23(28)26(14-18)15-19-9-6-12-30-19/h1-12,18H,13-16H2,(H,25,27)/t18-/m0/s1. The Hall–Kier alpha value is -3.87. The van der Waals surface area contributed by atoms with Crippen LogP contribution in [0.2, 0.25) is 0 Å². The van der Waals surface area contributed by atoms with Gasteiger partial charge in [0.25, 0.3) is 5.91 Å². The smallest absolute Gasteiger partial charge is 0.311 e. The maximum Gasteiger partial charge on any atom is 0.311 e. The Bertz CT molecular complexity index is 1060. The average Bonchev–Trinajstić information content (AvgIpc) is 3.43. The Kier molecular flexibility index (Phi) is 6.12. The first kappa shape index (κ1) is 20.4. The van der Waals surface area contributed by atoms with Gasteiger partial charge in [0.1, 0.15) is 5.76 Å². The number of carbonyl (C=O) groups is 3. The lowest BCUT2D eigenvalue weighted by atomic mass is 10.0. The molecule has 7 nitrogen and oxygen atoms in total. The number of likely N-dealkylation sites (tertiary alicyclic amines) is 1. The molecule has 1 atom stereocenters. The Morgan fingerprint density at radius 2 is 1.81 bits per heavy atom. The summed E-state index contributed by atoms with van der Waals surface area (Å²) in [6.07, 6.45) is 1.61. The van der Waals surface area contributed by atoms with Crippen molar-refractivity contribution in [1.82, 2.24) is 4.90 Å². The van der Waals surface area contributed by atoms with Crippen molar-refractivity contribution in [3.63, 3.8) is 0 Å². The number of rotatable bonds is 7. The van der Waals surface area contributed by atoms with Crippen LogP contribution in [0.25, 0.3) is 11.1 Å². The van der Waals surface area contributed by atoms with E-state index in [4.69, 9.17) is 9.15 Å². The Balaban J connectivity index is 1.31. The van der Waals surface area contributed by atoms with E-state index in [-0.39, 0.29) is 18.9 Å². The van der Waals surface area contributed by atoms with Gasteiger partial charge in [0.15, 0.2) is 6.61 Å². The van der Waals surface area contributed by atoms with Crippen molar-refractivity contribution in [3.05, 3.63) is 78.8 Å². The highest BCUT2D eigenvalue weighted by Crippen LogP contribution is 2.27. The highest BCUT2D eigenvalue weighted by molar-refractivity contribution is 5.97. The predicted molar refractivity (Wildman–Crippen MR) is 114 cm³/mol. The second-order valence-corrected chi connectivity index (χ2v) is 7.32. The van der Waals surface area contributed by atoms with Gasteiger partial charge < -0.3 is 19.4 Å². The van der Waals surface area contributed by atoms with Gasteiger partial charge in [0.05, 0.1) is 18.7 Å². The highest BCUT2D eigenvalue weighted by atomic mass is 16.5. The zero-order chi connectivity index (χ0) is 21.6. The summed E-state index contributed by atoms with van der Waals surface area (Å²) < 4.78 is 10.4. The predicted octanol–water partition coefficient (Wildman–Crippen LogP) is 3.48. The second-order valence-electron chi connectivity index (χ2n) is 7.32. The number of furan rings is 1. The van der Waals surface area contributed by atoms with Crippen molar-refractivity contribution in [3.8, 4) is 11.1 Å². The number of amides is 2. The average molecular weight is 418 g/mol. The monoisotopic (exact) mass is 418 g/mol. The molecular weight excluding hydrogens is 396 g/mol. The van der Waals surface area contributed by atoms with Gasteiger partial charge in [-0.1, -0.05) is 48.5 Å². The summed E-state index contributed by atoms with van der Waals surface area (Å²) in [6.45, 7) is 0.147. The van der Waals surface area contributed by atoms with Crippen molar-refractivity contribution < 1.29 is 23.5 Å². The number of benzene rings is 2. The number of hydrogen-bond acceptors (Lipinski definition) is 5. The quantitative estimate of drug-likeness (QED) is 0.594. The molecule has 0 spiro atoms. The molecule has 2 heterocycles. The largest absolute Gasteiger partial charge is 0.467 e. The SMILES string of the molecule is O=C(COC(=O)[C@H]1CC(=O)N(Cc2ccco2)C1)Nc1ccccc1-c1ccccc1. The number of ether oxygens (including phenoxy) is 1. The van der Waals surface area contributed by atoms with E-state index in [1.165, 1.54) is 6.26 Å². The molecule has 7 heteroatoms. The summed E-state index contributed by atoms with van der Waals surface area (Å²) >= 11 is 0. The van der Waals surface area contributed by atoms with E-state index in [1.807, 2.05) is 48.5 Å². The zero-order valence-corrected chi connectivity index (χ0v) is 16.8. The summed E-state index contributed by atoms with van der Waals surface area (Å²) in [5.41, 5.74) is 2.48. The number of hydrogen-bond donors (Lipinski definition) is 1. The lowest BCUT2D eigenvalue weighted by molar-refractivity contribution is -0.151. The molecule has 1 aliphatic heterocycles. The third-order valence-corrected chi connectivity index (χ3v) is 5.11. The van der Waals surface area contributed by atoms with E-state index >= 15 is 0 Å². The molecule has 1 aliphatic rings. The van der Waals surface area contributed by atoms with Gasteiger partial charge in [-0.2, -0.15) is 0 Å². The van der Waals surface area contributed by atoms with Crippen LogP contribution >= 0.6 is 0 Å². The van der Waals surface area contributed by atoms with Crippen LogP contribution < -0.4 is 5.32 Å². The number of anilines is 1. The molecule has 1 fully saturated rings. The molecule has 2 aromatic carbocycles. The summed E-state index contributed by atoms with van der Waals surface area (Å²) in [5.74, 6) is -1.07. The van der Waals surface area contributed by atoms with Gasteiger partial charge in [0, 0.05) is 24.2 Å². The van der Waals surface area contributed by atoms with Crippen LogP contribution in [0.4, 0.5) is 5.69 Å². The number of esters is 1. The van der Waals surface area contributed by atoms with Crippen molar-refractivity contribution in [1.29, 1.82) is 0 Å². The molecular formula is C24H22N2O5. The third-order valence-electron chi connectivity index (χ3n) is 5.11. The summed E-state index contributed by atoms with van der Waals surface area (Å²) in [7, 11) is 0. The lowest BCUT2D eigenvalue weighted by Gasteiger charge is -2.15. The van der Waals surface area contributed by atoms with E-state index in [9.17, 15) is 14.4 Å².